The van der Waals surface area contributed by atoms with Crippen LogP contribution in [0.25, 0.3) is 0 Å². The van der Waals surface area contributed by atoms with Gasteiger partial charge in [-0.05, 0) is 12.5 Å². The van der Waals surface area contributed by atoms with Crippen LogP contribution in [0.3, 0.4) is 0 Å². The molecule has 0 spiro atoms. The van der Waals surface area contributed by atoms with Gasteiger partial charge in [0.1, 0.15) is 0 Å². The number of rotatable bonds is 6. The summed E-state index contributed by atoms with van der Waals surface area (Å²) >= 11 is 0. The molecule has 2 aliphatic heterocycles. The highest BCUT2D eigenvalue weighted by Crippen LogP contribution is 2.25. The number of para-hydroxylation sites is 1. The number of hydrogen-bond acceptors (Lipinski definition) is 5. The third-order valence-corrected chi connectivity index (χ3v) is 5.87. The molecule has 2 heterocycles. The second-order valence-corrected chi connectivity index (χ2v) is 7.89. The molecule has 2 fully saturated rings. The van der Waals surface area contributed by atoms with Crippen LogP contribution in [0.15, 0.2) is 59.6 Å². The summed E-state index contributed by atoms with van der Waals surface area (Å²) in [4.78, 5) is 20.4. The van der Waals surface area contributed by atoms with Gasteiger partial charge in [0.15, 0.2) is 5.96 Å². The first-order valence-electron chi connectivity index (χ1n) is 10.8. The van der Waals surface area contributed by atoms with Crippen molar-refractivity contribution < 1.29 is 9.66 Å². The third kappa shape index (κ3) is 5.03. The Morgan fingerprint density at radius 1 is 1.19 bits per heavy atom. The summed E-state index contributed by atoms with van der Waals surface area (Å²) < 4.78 is 6.09. The van der Waals surface area contributed by atoms with Gasteiger partial charge in [0.2, 0.25) is 0 Å². The van der Waals surface area contributed by atoms with E-state index in [1.807, 2.05) is 19.1 Å². The van der Waals surface area contributed by atoms with E-state index in [9.17, 15) is 10.1 Å². The van der Waals surface area contributed by atoms with Crippen molar-refractivity contribution in [2.24, 2.45) is 4.99 Å². The molecular formula is C23H29N5O3. The molecule has 0 aliphatic carbocycles. The normalized spacial score (nSPS) is 21.7. The molecule has 2 atom stereocenters. The van der Waals surface area contributed by atoms with Crippen LogP contribution >= 0.6 is 0 Å². The Hall–Kier alpha value is -2.97. The number of ether oxygens (including phenoxy) is 1. The standard InChI is InChI=1S/C23H29N5O3/c1-2-24-23(25-14-19-10-6-7-11-20(19)28(29)30)27-16-21-22(17-27)31-13-12-26(21)15-18-8-4-3-5-9-18/h3-11,21-22H,2,12-17H2,1H3,(H,24,25). The van der Waals surface area contributed by atoms with E-state index in [4.69, 9.17) is 9.73 Å². The Labute approximate surface area is 182 Å². The van der Waals surface area contributed by atoms with Gasteiger partial charge in [0, 0.05) is 38.8 Å². The first kappa shape index (κ1) is 21.3. The summed E-state index contributed by atoms with van der Waals surface area (Å²) in [5.74, 6) is 0.776. The fourth-order valence-electron chi connectivity index (χ4n) is 4.35. The maximum Gasteiger partial charge on any atom is 0.274 e. The van der Waals surface area contributed by atoms with E-state index in [-0.39, 0.29) is 23.3 Å². The predicted molar refractivity (Wildman–Crippen MR) is 120 cm³/mol. The highest BCUT2D eigenvalue weighted by Gasteiger charge is 2.41. The van der Waals surface area contributed by atoms with Crippen molar-refractivity contribution in [3.05, 3.63) is 75.8 Å². The molecule has 2 aromatic rings. The topological polar surface area (TPSA) is 83.2 Å². The van der Waals surface area contributed by atoms with Crippen LogP contribution in [0.4, 0.5) is 5.69 Å². The Kier molecular flexibility index (Phi) is 6.79. The first-order valence-corrected chi connectivity index (χ1v) is 10.8. The van der Waals surface area contributed by atoms with E-state index in [1.165, 1.54) is 11.6 Å². The highest BCUT2D eigenvalue weighted by molar-refractivity contribution is 5.80. The first-order chi connectivity index (χ1) is 15.2. The zero-order chi connectivity index (χ0) is 21.6. The summed E-state index contributed by atoms with van der Waals surface area (Å²) in [5.41, 5.74) is 2.02. The van der Waals surface area contributed by atoms with Gasteiger partial charge in [-0.1, -0.05) is 48.5 Å². The lowest BCUT2D eigenvalue weighted by atomic mass is 10.1. The smallest absolute Gasteiger partial charge is 0.274 e. The number of nitro groups is 1. The maximum absolute atomic E-state index is 11.3. The summed E-state index contributed by atoms with van der Waals surface area (Å²) in [6.07, 6.45) is 0.132. The number of aliphatic imine (C=N–C) groups is 1. The van der Waals surface area contributed by atoms with Gasteiger partial charge in [0.05, 0.1) is 35.8 Å². The molecule has 0 amide bonds. The van der Waals surface area contributed by atoms with Crippen LogP contribution in [-0.2, 0) is 17.8 Å². The van der Waals surface area contributed by atoms with E-state index in [1.54, 1.807) is 12.1 Å². The van der Waals surface area contributed by atoms with Crippen LogP contribution in [0.1, 0.15) is 18.1 Å². The molecule has 2 aromatic carbocycles. The van der Waals surface area contributed by atoms with Gasteiger partial charge in [-0.25, -0.2) is 4.99 Å². The van der Waals surface area contributed by atoms with Crippen molar-refractivity contribution in [1.82, 2.24) is 15.1 Å². The SMILES string of the molecule is CCNC(=NCc1ccccc1[N+](=O)[O-])N1CC2OCCN(Cc3ccccc3)C2C1. The van der Waals surface area contributed by atoms with Crippen LogP contribution in [0.5, 0.6) is 0 Å². The molecule has 2 aliphatic rings. The van der Waals surface area contributed by atoms with Crippen molar-refractivity contribution >= 4 is 11.6 Å². The molecule has 164 valence electrons. The second kappa shape index (κ2) is 9.89. The second-order valence-electron chi connectivity index (χ2n) is 7.89. The van der Waals surface area contributed by atoms with Gasteiger partial charge in [-0.3, -0.25) is 15.0 Å². The Balaban J connectivity index is 1.48. The number of benzene rings is 2. The van der Waals surface area contributed by atoms with Crippen molar-refractivity contribution in [3.63, 3.8) is 0 Å². The number of hydrogen-bond donors (Lipinski definition) is 1. The summed E-state index contributed by atoms with van der Waals surface area (Å²) in [5, 5.41) is 14.7. The van der Waals surface area contributed by atoms with Crippen LogP contribution in [-0.4, -0.2) is 65.6 Å². The van der Waals surface area contributed by atoms with Gasteiger partial charge < -0.3 is 15.0 Å². The molecule has 8 nitrogen and oxygen atoms in total. The van der Waals surface area contributed by atoms with E-state index >= 15 is 0 Å². The highest BCUT2D eigenvalue weighted by atomic mass is 16.6. The van der Waals surface area contributed by atoms with E-state index in [0.717, 1.165) is 45.3 Å². The molecule has 2 saturated heterocycles. The number of morpholine rings is 1. The average molecular weight is 424 g/mol. The molecule has 8 heteroatoms. The lowest BCUT2D eigenvalue weighted by Gasteiger charge is -2.36. The van der Waals surface area contributed by atoms with Crippen LogP contribution < -0.4 is 5.32 Å². The zero-order valence-electron chi connectivity index (χ0n) is 17.8. The summed E-state index contributed by atoms with van der Waals surface area (Å²) in [6, 6.07) is 17.6. The fraction of sp³-hybridized carbons (Fsp3) is 0.435. The number of likely N-dealkylation sites (tertiary alicyclic amines) is 1. The Morgan fingerprint density at radius 2 is 1.97 bits per heavy atom. The van der Waals surface area contributed by atoms with E-state index < -0.39 is 0 Å². The third-order valence-electron chi connectivity index (χ3n) is 5.87. The number of nitro benzene ring substituents is 1. The minimum absolute atomic E-state index is 0.106. The zero-order valence-corrected chi connectivity index (χ0v) is 17.8. The number of nitrogens with zero attached hydrogens (tertiary/aromatic N) is 4. The average Bonchev–Trinajstić information content (AvgIpc) is 3.23. The predicted octanol–water partition coefficient (Wildman–Crippen LogP) is 2.65. The van der Waals surface area contributed by atoms with Crippen molar-refractivity contribution in [3.8, 4) is 0 Å². The quantitative estimate of drug-likeness (QED) is 0.333. The maximum atomic E-state index is 11.3. The molecular weight excluding hydrogens is 394 g/mol. The lowest BCUT2D eigenvalue weighted by molar-refractivity contribution is -0.385. The molecule has 31 heavy (non-hydrogen) atoms. The van der Waals surface area contributed by atoms with Crippen LogP contribution in [0.2, 0.25) is 0 Å². The Morgan fingerprint density at radius 3 is 2.74 bits per heavy atom. The van der Waals surface area contributed by atoms with Crippen molar-refractivity contribution in [2.75, 3.05) is 32.8 Å². The molecule has 2 unspecified atom stereocenters. The van der Waals surface area contributed by atoms with E-state index in [2.05, 4.69) is 39.4 Å². The molecule has 0 aromatic heterocycles. The van der Waals surface area contributed by atoms with Crippen LogP contribution in [0, 0.1) is 10.1 Å². The van der Waals surface area contributed by atoms with Gasteiger partial charge in [-0.2, -0.15) is 0 Å². The number of nitrogens with one attached hydrogen (secondary N) is 1. The van der Waals surface area contributed by atoms with Gasteiger partial charge >= 0.3 is 0 Å². The minimum Gasteiger partial charge on any atom is -0.373 e. The number of fused-ring (bicyclic) bond motifs is 1. The number of guanidine groups is 1. The monoisotopic (exact) mass is 423 g/mol. The molecule has 0 bridgehead atoms. The molecule has 1 N–H and O–H groups in total. The van der Waals surface area contributed by atoms with Crippen molar-refractivity contribution in [1.29, 1.82) is 0 Å². The molecule has 0 saturated carbocycles. The molecule has 0 radical (unpaired) electrons. The fourth-order valence-corrected chi connectivity index (χ4v) is 4.35. The lowest BCUT2D eigenvalue weighted by Crippen LogP contribution is -2.50. The van der Waals surface area contributed by atoms with E-state index in [0.29, 0.717) is 11.6 Å². The Bertz CT molecular complexity index is 920. The van der Waals surface area contributed by atoms with Crippen molar-refractivity contribution in [2.45, 2.75) is 32.2 Å². The molecule has 4 rings (SSSR count). The van der Waals surface area contributed by atoms with Gasteiger partial charge in [0.25, 0.3) is 5.69 Å². The largest absolute Gasteiger partial charge is 0.373 e. The summed E-state index contributed by atoms with van der Waals surface area (Å²) in [6.45, 7) is 7.15. The summed E-state index contributed by atoms with van der Waals surface area (Å²) in [7, 11) is 0. The van der Waals surface area contributed by atoms with Gasteiger partial charge in [-0.15, -0.1) is 0 Å². The minimum atomic E-state index is -0.350.